The number of benzene rings is 1. The molecule has 2 aromatic rings. The van der Waals surface area contributed by atoms with Gasteiger partial charge in [0.25, 0.3) is 5.91 Å². The lowest BCUT2D eigenvalue weighted by Crippen LogP contribution is -2.31. The molecule has 0 saturated carbocycles. The van der Waals surface area contributed by atoms with Gasteiger partial charge in [0.05, 0.1) is 0 Å². The van der Waals surface area contributed by atoms with Gasteiger partial charge in [-0.15, -0.1) is 0 Å². The molecule has 10 heteroatoms. The molecule has 0 aliphatic carbocycles. The minimum atomic E-state index is -3.79. The van der Waals surface area contributed by atoms with E-state index in [9.17, 15) is 22.0 Å². The molecule has 1 aliphatic heterocycles. The SMILES string of the molecule is C[C@H]1CCc2c(c(Br)n(C)c2C(=O)Nc2ccc(F)c(F)c2)S(=O)(=O)N1. The first-order valence-corrected chi connectivity index (χ1v) is 10.0. The average molecular weight is 448 g/mol. The number of halogens is 3. The maximum atomic E-state index is 13.4. The molecule has 3 rings (SSSR count). The Morgan fingerprint density at radius 1 is 1.35 bits per heavy atom. The lowest BCUT2D eigenvalue weighted by atomic mass is 10.1. The number of hydrogen-bond acceptors (Lipinski definition) is 3. The molecular weight excluding hydrogens is 432 g/mol. The first kappa shape index (κ1) is 19.0. The van der Waals surface area contributed by atoms with Crippen LogP contribution in [0.5, 0.6) is 0 Å². The number of sulfonamides is 1. The number of hydrogen-bond donors (Lipinski definition) is 2. The van der Waals surface area contributed by atoms with Crippen LogP contribution in [0.15, 0.2) is 27.7 Å². The van der Waals surface area contributed by atoms with E-state index in [-0.39, 0.29) is 26.9 Å². The molecule has 1 aromatic heterocycles. The van der Waals surface area contributed by atoms with Gasteiger partial charge < -0.3 is 9.88 Å². The number of nitrogens with zero attached hydrogens (tertiary/aromatic N) is 1. The second-order valence-electron chi connectivity index (χ2n) is 6.15. The molecule has 1 aromatic carbocycles. The lowest BCUT2D eigenvalue weighted by Gasteiger charge is -2.11. The van der Waals surface area contributed by atoms with Gasteiger partial charge in [-0.3, -0.25) is 4.79 Å². The van der Waals surface area contributed by atoms with E-state index in [1.54, 1.807) is 14.0 Å². The number of aromatic nitrogens is 1. The van der Waals surface area contributed by atoms with Crippen molar-refractivity contribution in [3.63, 3.8) is 0 Å². The normalized spacial score (nSPS) is 18.9. The molecule has 26 heavy (non-hydrogen) atoms. The Balaban J connectivity index is 2.06. The summed E-state index contributed by atoms with van der Waals surface area (Å²) >= 11 is 3.25. The van der Waals surface area contributed by atoms with E-state index in [1.165, 1.54) is 10.6 Å². The van der Waals surface area contributed by atoms with E-state index in [0.29, 0.717) is 18.4 Å². The van der Waals surface area contributed by atoms with Gasteiger partial charge in [-0.05, 0) is 47.8 Å². The Hall–Kier alpha value is -1.78. The lowest BCUT2D eigenvalue weighted by molar-refractivity contribution is 0.101. The number of carbonyl (C=O) groups is 1. The van der Waals surface area contributed by atoms with Gasteiger partial charge >= 0.3 is 0 Å². The van der Waals surface area contributed by atoms with Crippen molar-refractivity contribution >= 4 is 37.5 Å². The van der Waals surface area contributed by atoms with Crippen molar-refractivity contribution in [1.29, 1.82) is 0 Å². The van der Waals surface area contributed by atoms with Crippen LogP contribution in [0.4, 0.5) is 14.5 Å². The third kappa shape index (κ3) is 3.28. The molecule has 1 atom stereocenters. The largest absolute Gasteiger partial charge is 0.333 e. The molecule has 2 N–H and O–H groups in total. The molecule has 6 nitrogen and oxygen atoms in total. The van der Waals surface area contributed by atoms with E-state index < -0.39 is 27.6 Å². The summed E-state index contributed by atoms with van der Waals surface area (Å²) in [5.74, 6) is -2.72. The molecular formula is C16H16BrF2N3O3S. The van der Waals surface area contributed by atoms with Crippen LogP contribution in [0.2, 0.25) is 0 Å². The van der Waals surface area contributed by atoms with Crippen molar-refractivity contribution < 1.29 is 22.0 Å². The van der Waals surface area contributed by atoms with E-state index in [4.69, 9.17) is 0 Å². The number of carbonyl (C=O) groups excluding carboxylic acids is 1. The molecule has 2 heterocycles. The number of fused-ring (bicyclic) bond motifs is 1. The highest BCUT2D eigenvalue weighted by Gasteiger charge is 2.35. The van der Waals surface area contributed by atoms with Crippen LogP contribution in [0.25, 0.3) is 0 Å². The fraction of sp³-hybridized carbons (Fsp3) is 0.312. The molecule has 0 radical (unpaired) electrons. The van der Waals surface area contributed by atoms with Gasteiger partial charge in [0.1, 0.15) is 15.2 Å². The van der Waals surface area contributed by atoms with Gasteiger partial charge in [0.15, 0.2) is 11.6 Å². The number of anilines is 1. The molecule has 1 aliphatic rings. The first-order valence-electron chi connectivity index (χ1n) is 7.77. The smallest absolute Gasteiger partial charge is 0.272 e. The minimum Gasteiger partial charge on any atom is -0.333 e. The van der Waals surface area contributed by atoms with Gasteiger partial charge in [-0.1, -0.05) is 0 Å². The minimum absolute atomic E-state index is 0.0276. The highest BCUT2D eigenvalue weighted by atomic mass is 79.9. The van der Waals surface area contributed by atoms with E-state index in [0.717, 1.165) is 12.1 Å². The van der Waals surface area contributed by atoms with Crippen LogP contribution < -0.4 is 10.0 Å². The summed E-state index contributed by atoms with van der Waals surface area (Å²) in [5.41, 5.74) is 0.607. The fourth-order valence-corrected chi connectivity index (χ4v) is 5.69. The molecule has 1 amide bonds. The average Bonchev–Trinajstić information content (AvgIpc) is 2.73. The second kappa shape index (κ2) is 6.75. The Morgan fingerprint density at radius 2 is 2.04 bits per heavy atom. The molecule has 0 unspecified atom stereocenters. The zero-order valence-corrected chi connectivity index (χ0v) is 16.3. The quantitative estimate of drug-likeness (QED) is 0.742. The van der Waals surface area contributed by atoms with Crippen LogP contribution in [0.3, 0.4) is 0 Å². The Kier molecular flexibility index (Phi) is 4.93. The van der Waals surface area contributed by atoms with Crippen molar-refractivity contribution in [1.82, 2.24) is 9.29 Å². The van der Waals surface area contributed by atoms with Crippen LogP contribution in [-0.4, -0.2) is 24.9 Å². The maximum Gasteiger partial charge on any atom is 0.272 e. The molecule has 0 spiro atoms. The third-order valence-electron chi connectivity index (χ3n) is 4.22. The number of amides is 1. The topological polar surface area (TPSA) is 80.2 Å². The number of rotatable bonds is 2. The summed E-state index contributed by atoms with van der Waals surface area (Å²) in [6, 6.07) is 2.73. The van der Waals surface area contributed by atoms with Crippen LogP contribution in [-0.2, 0) is 23.5 Å². The fourth-order valence-electron chi connectivity index (χ4n) is 2.99. The zero-order valence-electron chi connectivity index (χ0n) is 13.9. The van der Waals surface area contributed by atoms with E-state index in [1.807, 2.05) is 0 Å². The number of nitrogens with one attached hydrogen (secondary N) is 2. The van der Waals surface area contributed by atoms with E-state index >= 15 is 0 Å². The molecule has 0 fully saturated rings. The van der Waals surface area contributed by atoms with Gasteiger partial charge in [-0.2, -0.15) is 0 Å². The van der Waals surface area contributed by atoms with Crippen molar-refractivity contribution in [3.8, 4) is 0 Å². The van der Waals surface area contributed by atoms with Crippen LogP contribution in [0.1, 0.15) is 29.4 Å². The van der Waals surface area contributed by atoms with Crippen LogP contribution in [0, 0.1) is 11.6 Å². The summed E-state index contributed by atoms with van der Waals surface area (Å²) < 4.78 is 55.8. The Labute approximate surface area is 157 Å². The van der Waals surface area contributed by atoms with E-state index in [2.05, 4.69) is 26.0 Å². The summed E-state index contributed by atoms with van der Waals surface area (Å²) in [6.45, 7) is 1.75. The first-order chi connectivity index (χ1) is 12.1. The van der Waals surface area contributed by atoms with Crippen LogP contribution >= 0.6 is 15.9 Å². The predicted molar refractivity (Wildman–Crippen MR) is 95.5 cm³/mol. The summed E-state index contributed by atoms with van der Waals surface area (Å²) in [6.07, 6.45) is 0.900. The Bertz CT molecular complexity index is 1000. The monoisotopic (exact) mass is 447 g/mol. The van der Waals surface area contributed by atoms with Crippen molar-refractivity contribution in [2.75, 3.05) is 5.32 Å². The molecule has 140 valence electrons. The standard InChI is InChI=1S/C16H16BrF2N3O3S/c1-8-3-5-10-13(22(2)15(17)14(10)26(24,25)21-8)16(23)20-9-4-6-11(18)12(19)7-9/h4,6-8,21H,3,5H2,1-2H3,(H,20,23)/t8-/m0/s1. The summed E-state index contributed by atoms with van der Waals surface area (Å²) in [4.78, 5) is 12.8. The zero-order chi connectivity index (χ0) is 19.2. The van der Waals surface area contributed by atoms with Gasteiger partial charge in [0, 0.05) is 30.4 Å². The van der Waals surface area contributed by atoms with Crippen molar-refractivity contribution in [2.24, 2.45) is 7.05 Å². The highest BCUT2D eigenvalue weighted by molar-refractivity contribution is 9.10. The molecule has 0 bridgehead atoms. The Morgan fingerprint density at radius 3 is 2.69 bits per heavy atom. The van der Waals surface area contributed by atoms with Gasteiger partial charge in [0.2, 0.25) is 10.0 Å². The second-order valence-corrected chi connectivity index (χ2v) is 8.55. The molecule has 0 saturated heterocycles. The third-order valence-corrected chi connectivity index (χ3v) is 7.10. The summed E-state index contributed by atoms with van der Waals surface area (Å²) in [5, 5.41) is 2.49. The predicted octanol–water partition coefficient (Wildman–Crippen LogP) is 2.93. The van der Waals surface area contributed by atoms with Crippen molar-refractivity contribution in [2.45, 2.75) is 30.7 Å². The summed E-state index contributed by atoms with van der Waals surface area (Å²) in [7, 11) is -2.23. The highest BCUT2D eigenvalue weighted by Crippen LogP contribution is 2.34. The van der Waals surface area contributed by atoms with Crippen molar-refractivity contribution in [3.05, 3.63) is 45.7 Å². The van der Waals surface area contributed by atoms with Gasteiger partial charge in [-0.25, -0.2) is 21.9 Å². The maximum absolute atomic E-state index is 13.4.